The minimum Gasteiger partial charge on any atom is -0.507 e. The Balaban J connectivity index is 1.19. The molecule has 0 aromatic heterocycles. The molecule has 1 aliphatic heterocycles. The molecule has 1 fully saturated rings. The van der Waals surface area contributed by atoms with E-state index in [0.29, 0.717) is 22.3 Å². The number of phenols is 4. The molecule has 260 valence electrons. The molecule has 1 heterocycles. The number of hydrogen-bond acceptors (Lipinski definition) is 13. The Morgan fingerprint density at radius 2 is 1.38 bits per heavy atom. The zero-order valence-corrected chi connectivity index (χ0v) is 26.4. The molecule has 9 N–H and O–H groups in total. The van der Waals surface area contributed by atoms with Crippen LogP contribution in [0.15, 0.2) is 54.6 Å². The molecule has 2 aliphatic carbocycles. The summed E-state index contributed by atoms with van der Waals surface area (Å²) in [5, 5.41) is 94.8. The number of carbonyl (C=O) groups is 2. The molecule has 6 atom stereocenters. The van der Waals surface area contributed by atoms with Crippen molar-refractivity contribution in [1.29, 1.82) is 0 Å². The van der Waals surface area contributed by atoms with E-state index in [4.69, 9.17) is 9.47 Å². The number of ether oxygens (including phenoxy) is 2. The minimum absolute atomic E-state index is 0.0277. The zero-order valence-electron chi connectivity index (χ0n) is 26.4. The highest BCUT2D eigenvalue weighted by molar-refractivity contribution is 6.16. The van der Waals surface area contributed by atoms with Crippen LogP contribution in [0.1, 0.15) is 76.7 Å². The van der Waals surface area contributed by atoms with Crippen LogP contribution < -0.4 is 0 Å². The van der Waals surface area contributed by atoms with Crippen molar-refractivity contribution < 1.29 is 65.0 Å². The number of carbonyl (C=O) groups excluding carboxylic acids is 2. The van der Waals surface area contributed by atoms with E-state index in [1.165, 1.54) is 30.3 Å². The summed E-state index contributed by atoms with van der Waals surface area (Å²) in [5.74, 6) is -3.78. The molecule has 7 rings (SSSR count). The van der Waals surface area contributed by atoms with Gasteiger partial charge < -0.3 is 55.4 Å². The first-order valence-corrected chi connectivity index (χ1v) is 15.9. The van der Waals surface area contributed by atoms with E-state index in [-0.39, 0.29) is 82.4 Å². The van der Waals surface area contributed by atoms with Crippen LogP contribution in [0.25, 0.3) is 0 Å². The van der Waals surface area contributed by atoms with Gasteiger partial charge in [0, 0.05) is 11.5 Å². The van der Waals surface area contributed by atoms with E-state index in [1.54, 1.807) is 24.3 Å². The Morgan fingerprint density at radius 3 is 2.12 bits per heavy atom. The first-order valence-electron chi connectivity index (χ1n) is 15.9. The number of hydrogen-bond donors (Lipinski definition) is 9. The van der Waals surface area contributed by atoms with Crippen molar-refractivity contribution in [2.24, 2.45) is 0 Å². The van der Waals surface area contributed by atoms with E-state index in [0.717, 1.165) is 0 Å². The maximum Gasteiger partial charge on any atom is 0.201 e. The molecule has 6 unspecified atom stereocenters. The molecule has 50 heavy (non-hydrogen) atoms. The van der Waals surface area contributed by atoms with E-state index in [2.05, 4.69) is 0 Å². The Morgan fingerprint density at radius 1 is 0.680 bits per heavy atom. The number of rotatable bonds is 7. The normalized spacial score (nSPS) is 23.9. The Kier molecular flexibility index (Phi) is 8.60. The molecule has 0 amide bonds. The molecule has 0 saturated carbocycles. The number of ketones is 2. The zero-order chi connectivity index (χ0) is 35.6. The third-order valence-corrected chi connectivity index (χ3v) is 9.82. The summed E-state index contributed by atoms with van der Waals surface area (Å²) in [6.07, 6.45) is -7.40. The van der Waals surface area contributed by atoms with Gasteiger partial charge >= 0.3 is 0 Å². The van der Waals surface area contributed by atoms with Gasteiger partial charge in [-0.05, 0) is 58.0 Å². The molecular weight excluding hydrogens is 652 g/mol. The van der Waals surface area contributed by atoms with E-state index in [9.17, 15) is 55.5 Å². The van der Waals surface area contributed by atoms with Gasteiger partial charge in [-0.25, -0.2) is 0 Å². The Hall–Kier alpha value is -4.86. The summed E-state index contributed by atoms with van der Waals surface area (Å²) in [6.45, 7) is -1.35. The molecule has 1 saturated heterocycles. The van der Waals surface area contributed by atoms with Crippen LogP contribution in [0.4, 0.5) is 0 Å². The fourth-order valence-corrected chi connectivity index (χ4v) is 7.45. The third kappa shape index (κ3) is 5.31. The van der Waals surface area contributed by atoms with Gasteiger partial charge in [0.25, 0.3) is 0 Å². The predicted octanol–water partition coefficient (Wildman–Crippen LogP) is 1.37. The van der Waals surface area contributed by atoms with Crippen molar-refractivity contribution in [1.82, 2.24) is 0 Å². The van der Waals surface area contributed by atoms with Crippen LogP contribution in [0, 0.1) is 0 Å². The van der Waals surface area contributed by atoms with Gasteiger partial charge in [-0.1, -0.05) is 36.4 Å². The largest absolute Gasteiger partial charge is 0.507 e. The molecule has 4 aromatic carbocycles. The smallest absolute Gasteiger partial charge is 0.201 e. The molecule has 0 radical (unpaired) electrons. The topological polar surface area (TPSA) is 235 Å². The average Bonchev–Trinajstić information content (AvgIpc) is 3.08. The van der Waals surface area contributed by atoms with Crippen molar-refractivity contribution >= 4 is 11.6 Å². The minimum atomic E-state index is -1.72. The van der Waals surface area contributed by atoms with Crippen LogP contribution in [0.3, 0.4) is 0 Å². The Bertz CT molecular complexity index is 2040. The fourth-order valence-electron chi connectivity index (χ4n) is 7.45. The van der Waals surface area contributed by atoms with Gasteiger partial charge in [-0.15, -0.1) is 0 Å². The summed E-state index contributed by atoms with van der Waals surface area (Å²) in [4.78, 5) is 27.1. The lowest BCUT2D eigenvalue weighted by molar-refractivity contribution is -0.232. The Labute approximate surface area is 284 Å². The van der Waals surface area contributed by atoms with Gasteiger partial charge in [0.2, 0.25) is 11.6 Å². The number of aliphatic hydroxyl groups excluding tert-OH is 5. The highest BCUT2D eigenvalue weighted by atomic mass is 16.5. The summed E-state index contributed by atoms with van der Waals surface area (Å²) >= 11 is 0. The highest BCUT2D eigenvalue weighted by Gasteiger charge is 2.50. The van der Waals surface area contributed by atoms with Gasteiger partial charge in [0.05, 0.1) is 54.8 Å². The van der Waals surface area contributed by atoms with Gasteiger partial charge in [-0.2, -0.15) is 0 Å². The summed E-state index contributed by atoms with van der Waals surface area (Å²) < 4.78 is 11.8. The fraction of sp³-hybridized carbons (Fsp3) is 0.297. The lowest BCUT2D eigenvalue weighted by atomic mass is 9.71. The van der Waals surface area contributed by atoms with Crippen LogP contribution in [0.2, 0.25) is 0 Å². The van der Waals surface area contributed by atoms with Crippen molar-refractivity contribution in [2.75, 3.05) is 6.61 Å². The second kappa shape index (κ2) is 12.8. The van der Waals surface area contributed by atoms with Crippen molar-refractivity contribution in [2.45, 2.75) is 62.7 Å². The number of fused-ring (bicyclic) bond motifs is 4. The lowest BCUT2D eigenvalue weighted by Gasteiger charge is -2.45. The molecule has 0 spiro atoms. The average molecular weight is 687 g/mol. The van der Waals surface area contributed by atoms with Crippen LogP contribution in [-0.4, -0.2) is 94.7 Å². The molecule has 0 bridgehead atoms. The monoisotopic (exact) mass is 686 g/mol. The highest BCUT2D eigenvalue weighted by Crippen LogP contribution is 2.48. The van der Waals surface area contributed by atoms with Gasteiger partial charge in [0.15, 0.2) is 0 Å². The molecule has 13 nitrogen and oxygen atoms in total. The van der Waals surface area contributed by atoms with E-state index < -0.39 is 60.4 Å². The maximum atomic E-state index is 13.7. The quantitative estimate of drug-likeness (QED) is 0.118. The van der Waals surface area contributed by atoms with Crippen LogP contribution in [-0.2, 0) is 35.7 Å². The van der Waals surface area contributed by atoms with Gasteiger partial charge in [-0.3, -0.25) is 9.59 Å². The SMILES string of the molecule is O=C1c2c(O)cccc2C(C2OC(CO)C(O)C(O)C2O)c2cc(COCc3ccc4c(c3O)C(=O)c3c(O)cc(CO)cc3C4)cc(O)c21. The molecule has 13 heteroatoms. The molecule has 4 aromatic rings. The van der Waals surface area contributed by atoms with E-state index in [1.807, 2.05) is 0 Å². The maximum absolute atomic E-state index is 13.7. The standard InChI is InChI=1S/C37H34O13/c38-11-15-6-19-10-17-4-5-18(31(43)27(17)33(45)26(19)23(41)8-15)14-49-13-16-7-21-28(37-36(48)35(47)32(44)25(12-39)50-37)20-2-1-3-22(40)29(20)34(46)30(21)24(42)9-16/h1-9,25,28,32,35-44,47-48H,10-14H2. The number of aliphatic hydroxyl groups is 5. The third-order valence-electron chi connectivity index (χ3n) is 9.82. The first kappa shape index (κ1) is 33.6. The summed E-state index contributed by atoms with van der Waals surface area (Å²) in [7, 11) is 0. The van der Waals surface area contributed by atoms with Crippen LogP contribution >= 0.6 is 0 Å². The van der Waals surface area contributed by atoms with Crippen molar-refractivity contribution in [3.05, 3.63) is 116 Å². The molecular formula is C37H34O13. The summed E-state index contributed by atoms with van der Waals surface area (Å²) in [5.41, 5.74) is 2.32. The summed E-state index contributed by atoms with van der Waals surface area (Å²) in [6, 6.07) is 13.4. The lowest BCUT2D eigenvalue weighted by Crippen LogP contribution is -2.60. The number of phenolic OH excluding ortho intramolecular Hbond substituents is 4. The second-order valence-electron chi connectivity index (χ2n) is 12.8. The van der Waals surface area contributed by atoms with Gasteiger partial charge in [0.1, 0.15) is 47.4 Å². The van der Waals surface area contributed by atoms with Crippen molar-refractivity contribution in [3.63, 3.8) is 0 Å². The van der Waals surface area contributed by atoms with Crippen LogP contribution in [0.5, 0.6) is 23.0 Å². The van der Waals surface area contributed by atoms with Crippen molar-refractivity contribution in [3.8, 4) is 23.0 Å². The first-order chi connectivity index (χ1) is 23.9. The number of aromatic hydroxyl groups is 4. The predicted molar refractivity (Wildman–Crippen MR) is 172 cm³/mol. The second-order valence-corrected chi connectivity index (χ2v) is 12.8. The number of benzene rings is 4. The molecule has 3 aliphatic rings. The van der Waals surface area contributed by atoms with E-state index >= 15 is 0 Å².